The Hall–Kier alpha value is -1.44. The number of rotatable bonds is 3. The molecule has 0 bridgehead atoms. The number of carbonyl (C=O) groups is 1. The van der Waals surface area contributed by atoms with Crippen LogP contribution in [-0.2, 0) is 14.8 Å². The number of methoxy groups -OCH3 is 1. The predicted molar refractivity (Wildman–Crippen MR) is 54.6 cm³/mol. The second kappa shape index (κ2) is 4.60. The van der Waals surface area contributed by atoms with E-state index in [1.807, 2.05) is 0 Å². The van der Waals surface area contributed by atoms with Gasteiger partial charge in [0, 0.05) is 0 Å². The van der Waals surface area contributed by atoms with Crippen molar-refractivity contribution in [3.8, 4) is 0 Å². The monoisotopic (exact) mass is 245 g/mol. The van der Waals surface area contributed by atoms with E-state index in [1.54, 1.807) is 6.92 Å². The molecule has 0 fully saturated rings. The topological polar surface area (TPSA) is 92.7 Å². The Morgan fingerprint density at radius 1 is 1.44 bits per heavy atom. The summed E-state index contributed by atoms with van der Waals surface area (Å²) in [6.45, 7) is 1.55. The Kier molecular flexibility index (Phi) is 3.63. The molecule has 0 aliphatic heterocycles. The molecule has 0 amide bonds. The average molecular weight is 245 g/mol. The van der Waals surface area contributed by atoms with Gasteiger partial charge in [0.05, 0.1) is 17.6 Å². The summed E-state index contributed by atoms with van der Waals surface area (Å²) in [6.07, 6.45) is 0. The van der Waals surface area contributed by atoms with Crippen LogP contribution < -0.4 is 4.89 Å². The number of hydrogen-bond donors (Lipinski definition) is 2. The Morgan fingerprint density at radius 2 is 2.06 bits per heavy atom. The molecule has 88 valence electrons. The summed E-state index contributed by atoms with van der Waals surface area (Å²) >= 11 is 0. The molecule has 0 unspecified atom stereocenters. The normalized spacial score (nSPS) is 11.2. The van der Waals surface area contributed by atoms with Crippen LogP contribution in [0.5, 0.6) is 0 Å². The minimum Gasteiger partial charge on any atom is -0.465 e. The van der Waals surface area contributed by atoms with Gasteiger partial charge in [-0.3, -0.25) is 0 Å². The van der Waals surface area contributed by atoms with E-state index in [-0.39, 0.29) is 10.5 Å². The fourth-order valence-electron chi connectivity index (χ4n) is 1.18. The van der Waals surface area contributed by atoms with Crippen LogP contribution in [0.3, 0.4) is 0 Å². The number of esters is 1. The van der Waals surface area contributed by atoms with Gasteiger partial charge in [0.25, 0.3) is 10.0 Å². The number of hydrogen-bond acceptors (Lipinski definition) is 5. The standard InChI is InChI=1S/C9H11NO5S/c1-6-3-4-7(9(11)15-2)5-8(6)16(13,14)10-12/h3-5,10,12H,1-2H3. The maximum Gasteiger partial charge on any atom is 0.337 e. The van der Waals surface area contributed by atoms with Crippen molar-refractivity contribution in [3.05, 3.63) is 29.3 Å². The lowest BCUT2D eigenvalue weighted by Crippen LogP contribution is -2.20. The molecule has 0 aromatic heterocycles. The third-order valence-corrected chi connectivity index (χ3v) is 3.28. The molecule has 7 heteroatoms. The summed E-state index contributed by atoms with van der Waals surface area (Å²) in [5, 5.41) is 8.50. The third-order valence-electron chi connectivity index (χ3n) is 2.02. The minimum atomic E-state index is -4.00. The molecule has 1 rings (SSSR count). The van der Waals surface area contributed by atoms with Gasteiger partial charge in [-0.1, -0.05) is 11.0 Å². The Bertz CT molecular complexity index is 509. The smallest absolute Gasteiger partial charge is 0.337 e. The van der Waals surface area contributed by atoms with Crippen LogP contribution in [0.1, 0.15) is 15.9 Å². The number of sulfonamides is 1. The zero-order valence-electron chi connectivity index (χ0n) is 8.72. The van der Waals surface area contributed by atoms with Gasteiger partial charge in [-0.05, 0) is 24.6 Å². The van der Waals surface area contributed by atoms with E-state index in [4.69, 9.17) is 5.21 Å². The zero-order valence-corrected chi connectivity index (χ0v) is 9.54. The summed E-state index contributed by atoms with van der Waals surface area (Å²) in [4.78, 5) is 12.2. The maximum atomic E-state index is 11.4. The molecule has 0 saturated heterocycles. The van der Waals surface area contributed by atoms with Gasteiger partial charge in [0.15, 0.2) is 0 Å². The number of carbonyl (C=O) groups excluding carboxylic acids is 1. The van der Waals surface area contributed by atoms with Crippen molar-refractivity contribution in [1.29, 1.82) is 0 Å². The predicted octanol–water partition coefficient (Wildman–Crippen LogP) is 0.449. The lowest BCUT2D eigenvalue weighted by Gasteiger charge is -2.07. The maximum absolute atomic E-state index is 11.4. The molecule has 6 nitrogen and oxygen atoms in total. The fraction of sp³-hybridized carbons (Fsp3) is 0.222. The lowest BCUT2D eigenvalue weighted by molar-refractivity contribution is 0.0600. The summed E-state index contributed by atoms with van der Waals surface area (Å²) in [6, 6.07) is 4.04. The first kappa shape index (κ1) is 12.6. The highest BCUT2D eigenvalue weighted by Gasteiger charge is 2.18. The number of aryl methyl sites for hydroxylation is 1. The van der Waals surface area contributed by atoms with E-state index >= 15 is 0 Å². The van der Waals surface area contributed by atoms with Crippen LogP contribution in [0.15, 0.2) is 23.1 Å². The van der Waals surface area contributed by atoms with Crippen molar-refractivity contribution >= 4 is 16.0 Å². The first-order valence-corrected chi connectivity index (χ1v) is 5.75. The highest BCUT2D eigenvalue weighted by Crippen LogP contribution is 2.17. The van der Waals surface area contributed by atoms with E-state index in [9.17, 15) is 13.2 Å². The molecule has 1 aromatic carbocycles. The quantitative estimate of drug-likeness (QED) is 0.595. The van der Waals surface area contributed by atoms with Crippen molar-refractivity contribution in [2.75, 3.05) is 7.11 Å². The van der Waals surface area contributed by atoms with E-state index in [0.717, 1.165) is 6.07 Å². The molecular weight excluding hydrogens is 234 g/mol. The Balaban J connectivity index is 3.36. The fourth-order valence-corrected chi connectivity index (χ4v) is 2.06. The van der Waals surface area contributed by atoms with Gasteiger partial charge >= 0.3 is 5.97 Å². The summed E-state index contributed by atoms with van der Waals surface area (Å²) in [5.41, 5.74) is 0.510. The van der Waals surface area contributed by atoms with Crippen LogP contribution in [0.2, 0.25) is 0 Å². The van der Waals surface area contributed by atoms with Gasteiger partial charge in [-0.15, -0.1) is 0 Å². The highest BCUT2D eigenvalue weighted by atomic mass is 32.2. The van der Waals surface area contributed by atoms with Crippen molar-refractivity contribution in [2.45, 2.75) is 11.8 Å². The largest absolute Gasteiger partial charge is 0.465 e. The molecule has 16 heavy (non-hydrogen) atoms. The second-order valence-corrected chi connectivity index (χ2v) is 4.70. The van der Waals surface area contributed by atoms with Crippen molar-refractivity contribution in [2.24, 2.45) is 0 Å². The van der Waals surface area contributed by atoms with E-state index in [2.05, 4.69) is 4.74 Å². The molecular formula is C9H11NO5S. The van der Waals surface area contributed by atoms with Crippen LogP contribution in [0.4, 0.5) is 0 Å². The van der Waals surface area contributed by atoms with Crippen LogP contribution >= 0.6 is 0 Å². The van der Waals surface area contributed by atoms with Crippen LogP contribution in [0, 0.1) is 6.92 Å². The number of nitrogens with one attached hydrogen (secondary N) is 1. The van der Waals surface area contributed by atoms with E-state index < -0.39 is 16.0 Å². The average Bonchev–Trinajstić information content (AvgIpc) is 2.28. The molecule has 0 atom stereocenters. The SMILES string of the molecule is COC(=O)c1ccc(C)c(S(=O)(=O)NO)c1. The van der Waals surface area contributed by atoms with Gasteiger partial charge in [0.1, 0.15) is 0 Å². The molecule has 0 heterocycles. The van der Waals surface area contributed by atoms with Gasteiger partial charge in [0.2, 0.25) is 0 Å². The molecule has 0 aliphatic rings. The van der Waals surface area contributed by atoms with E-state index in [1.165, 1.54) is 24.1 Å². The number of ether oxygens (including phenoxy) is 1. The van der Waals surface area contributed by atoms with Crippen molar-refractivity contribution in [3.63, 3.8) is 0 Å². The molecule has 0 aliphatic carbocycles. The first-order valence-electron chi connectivity index (χ1n) is 4.27. The Morgan fingerprint density at radius 3 is 2.56 bits per heavy atom. The molecule has 2 N–H and O–H groups in total. The minimum absolute atomic E-state index is 0.0990. The first-order chi connectivity index (χ1) is 7.42. The summed E-state index contributed by atoms with van der Waals surface area (Å²) in [5.74, 6) is -0.644. The molecule has 0 saturated carbocycles. The lowest BCUT2D eigenvalue weighted by atomic mass is 10.1. The van der Waals surface area contributed by atoms with Crippen LogP contribution in [0.25, 0.3) is 0 Å². The van der Waals surface area contributed by atoms with Gasteiger partial charge in [-0.25, -0.2) is 13.2 Å². The summed E-state index contributed by atoms with van der Waals surface area (Å²) in [7, 11) is -2.80. The molecule has 1 aromatic rings. The van der Waals surface area contributed by atoms with Gasteiger partial charge in [-0.2, -0.15) is 0 Å². The van der Waals surface area contributed by atoms with E-state index in [0.29, 0.717) is 5.56 Å². The zero-order chi connectivity index (χ0) is 12.3. The van der Waals surface area contributed by atoms with Crippen molar-refractivity contribution < 1.29 is 23.2 Å². The summed E-state index contributed by atoms with van der Waals surface area (Å²) < 4.78 is 27.2. The van der Waals surface area contributed by atoms with Crippen molar-refractivity contribution in [1.82, 2.24) is 4.89 Å². The second-order valence-electron chi connectivity index (χ2n) is 3.07. The highest BCUT2D eigenvalue weighted by molar-refractivity contribution is 7.89. The Labute approximate surface area is 92.9 Å². The number of benzene rings is 1. The third kappa shape index (κ3) is 2.38. The van der Waals surface area contributed by atoms with Gasteiger partial charge < -0.3 is 9.94 Å². The molecule has 0 spiro atoms. The molecule has 0 radical (unpaired) electrons. The van der Waals surface area contributed by atoms with Crippen LogP contribution in [-0.4, -0.2) is 26.7 Å².